The molecule has 1 saturated carbocycles. The third-order valence-electron chi connectivity index (χ3n) is 4.29. The summed E-state index contributed by atoms with van der Waals surface area (Å²) in [5.74, 6) is 0.183. The van der Waals surface area contributed by atoms with E-state index in [2.05, 4.69) is 28.2 Å². The first-order chi connectivity index (χ1) is 9.99. The summed E-state index contributed by atoms with van der Waals surface area (Å²) in [7, 11) is 1.47. The SMILES string of the molecule is COc1ccc(C(=O)NC2(CBr)CCC(C)CC2)c(F)c1. The van der Waals surface area contributed by atoms with Gasteiger partial charge in [0.2, 0.25) is 0 Å². The lowest BCUT2D eigenvalue weighted by atomic mass is 9.78. The fourth-order valence-electron chi connectivity index (χ4n) is 2.72. The number of hydrogen-bond donors (Lipinski definition) is 1. The molecule has 0 heterocycles. The zero-order valence-corrected chi connectivity index (χ0v) is 14.0. The van der Waals surface area contributed by atoms with Gasteiger partial charge < -0.3 is 10.1 Å². The number of nitrogens with one attached hydrogen (secondary N) is 1. The fourth-order valence-corrected chi connectivity index (χ4v) is 3.42. The first kappa shape index (κ1) is 16.3. The molecule has 1 aromatic rings. The first-order valence-corrected chi connectivity index (χ1v) is 8.34. The Hall–Kier alpha value is -1.10. The second-order valence-corrected chi connectivity index (χ2v) is 6.46. The zero-order chi connectivity index (χ0) is 15.5. The Labute approximate surface area is 133 Å². The van der Waals surface area contributed by atoms with E-state index in [1.807, 2.05) is 0 Å². The van der Waals surface area contributed by atoms with E-state index in [-0.39, 0.29) is 17.0 Å². The molecule has 0 unspecified atom stereocenters. The predicted molar refractivity (Wildman–Crippen MR) is 84.6 cm³/mol. The molecule has 3 nitrogen and oxygen atoms in total. The Bertz CT molecular complexity index is 513. The molecule has 0 bridgehead atoms. The van der Waals surface area contributed by atoms with E-state index in [1.54, 1.807) is 6.07 Å². The molecule has 2 rings (SSSR count). The van der Waals surface area contributed by atoms with Gasteiger partial charge in [0.05, 0.1) is 18.2 Å². The van der Waals surface area contributed by atoms with E-state index >= 15 is 0 Å². The Morgan fingerprint density at radius 2 is 2.14 bits per heavy atom. The standard InChI is InChI=1S/C16H21BrFNO2/c1-11-5-7-16(10-17,8-6-11)19-15(20)13-4-3-12(21-2)9-14(13)18/h3-4,9,11H,5-8,10H2,1-2H3,(H,19,20). The average molecular weight is 358 g/mol. The van der Waals surface area contributed by atoms with Crippen LogP contribution in [-0.4, -0.2) is 23.9 Å². The maximum atomic E-state index is 14.0. The minimum atomic E-state index is -0.555. The number of amides is 1. The molecule has 21 heavy (non-hydrogen) atoms. The molecule has 1 amide bonds. The average Bonchev–Trinajstić information content (AvgIpc) is 2.49. The van der Waals surface area contributed by atoms with Crippen LogP contribution in [0.1, 0.15) is 43.0 Å². The molecule has 0 radical (unpaired) electrons. The molecular formula is C16H21BrFNO2. The van der Waals surface area contributed by atoms with Gasteiger partial charge in [-0.2, -0.15) is 0 Å². The molecule has 0 saturated heterocycles. The Morgan fingerprint density at radius 1 is 1.48 bits per heavy atom. The van der Waals surface area contributed by atoms with Crippen molar-refractivity contribution in [1.29, 1.82) is 0 Å². The van der Waals surface area contributed by atoms with Crippen molar-refractivity contribution in [2.24, 2.45) is 5.92 Å². The van der Waals surface area contributed by atoms with E-state index < -0.39 is 5.82 Å². The van der Waals surface area contributed by atoms with Crippen molar-refractivity contribution in [3.05, 3.63) is 29.6 Å². The summed E-state index contributed by atoms with van der Waals surface area (Å²) < 4.78 is 18.9. The van der Waals surface area contributed by atoms with E-state index in [1.165, 1.54) is 19.2 Å². The molecule has 0 aliphatic heterocycles. The predicted octanol–water partition coefficient (Wildman–Crippen LogP) is 3.91. The quantitative estimate of drug-likeness (QED) is 0.829. The number of carbonyl (C=O) groups excluding carboxylic acids is 1. The van der Waals surface area contributed by atoms with Crippen LogP contribution < -0.4 is 10.1 Å². The van der Waals surface area contributed by atoms with Crippen molar-refractivity contribution in [2.75, 3.05) is 12.4 Å². The highest BCUT2D eigenvalue weighted by molar-refractivity contribution is 9.09. The van der Waals surface area contributed by atoms with Crippen LogP contribution in [0.5, 0.6) is 5.75 Å². The van der Waals surface area contributed by atoms with Crippen molar-refractivity contribution in [2.45, 2.75) is 38.1 Å². The summed E-state index contributed by atoms with van der Waals surface area (Å²) in [5.41, 5.74) is -0.203. The molecule has 0 spiro atoms. The van der Waals surface area contributed by atoms with Crippen molar-refractivity contribution >= 4 is 21.8 Å². The molecule has 116 valence electrons. The van der Waals surface area contributed by atoms with Gasteiger partial charge in [0, 0.05) is 11.4 Å². The second-order valence-electron chi connectivity index (χ2n) is 5.90. The summed E-state index contributed by atoms with van der Waals surface area (Å²) >= 11 is 3.50. The number of halogens is 2. The minimum Gasteiger partial charge on any atom is -0.497 e. The molecule has 1 aromatic carbocycles. The Morgan fingerprint density at radius 3 is 2.67 bits per heavy atom. The monoisotopic (exact) mass is 357 g/mol. The largest absolute Gasteiger partial charge is 0.497 e. The summed E-state index contributed by atoms with van der Waals surface area (Å²) in [6.07, 6.45) is 4.00. The van der Waals surface area contributed by atoms with Gasteiger partial charge in [-0.05, 0) is 43.7 Å². The molecule has 1 aliphatic rings. The highest BCUT2D eigenvalue weighted by atomic mass is 79.9. The molecule has 5 heteroatoms. The molecule has 1 fully saturated rings. The molecule has 1 aliphatic carbocycles. The van der Waals surface area contributed by atoms with Gasteiger partial charge in [0.1, 0.15) is 11.6 Å². The van der Waals surface area contributed by atoms with E-state index in [9.17, 15) is 9.18 Å². The van der Waals surface area contributed by atoms with Gasteiger partial charge in [0.15, 0.2) is 0 Å². The van der Waals surface area contributed by atoms with Gasteiger partial charge in [-0.1, -0.05) is 22.9 Å². The topological polar surface area (TPSA) is 38.3 Å². The van der Waals surface area contributed by atoms with E-state index in [4.69, 9.17) is 4.74 Å². The maximum Gasteiger partial charge on any atom is 0.254 e. The van der Waals surface area contributed by atoms with Crippen molar-refractivity contribution in [1.82, 2.24) is 5.32 Å². The summed E-state index contributed by atoms with van der Waals surface area (Å²) in [4.78, 5) is 12.4. The van der Waals surface area contributed by atoms with Crippen LogP contribution in [0.4, 0.5) is 4.39 Å². The summed E-state index contributed by atoms with van der Waals surface area (Å²) in [5, 5.41) is 3.72. The number of alkyl halides is 1. The third-order valence-corrected chi connectivity index (χ3v) is 5.36. The van der Waals surface area contributed by atoms with Crippen molar-refractivity contribution in [3.63, 3.8) is 0 Å². The Kier molecular flexibility index (Phi) is 5.25. The van der Waals surface area contributed by atoms with Gasteiger partial charge in [0.25, 0.3) is 5.91 Å². The lowest BCUT2D eigenvalue weighted by molar-refractivity contribution is 0.0870. The normalized spacial score (nSPS) is 25.4. The number of methoxy groups -OCH3 is 1. The third kappa shape index (κ3) is 3.76. The van der Waals surface area contributed by atoms with E-state index in [0.29, 0.717) is 17.0 Å². The number of rotatable bonds is 4. The minimum absolute atomic E-state index is 0.0646. The van der Waals surface area contributed by atoms with Crippen LogP contribution >= 0.6 is 15.9 Å². The second kappa shape index (κ2) is 6.77. The highest BCUT2D eigenvalue weighted by Gasteiger charge is 2.35. The highest BCUT2D eigenvalue weighted by Crippen LogP contribution is 2.33. The number of benzene rings is 1. The van der Waals surface area contributed by atoms with Gasteiger partial charge in [-0.3, -0.25) is 4.79 Å². The van der Waals surface area contributed by atoms with Crippen LogP contribution in [-0.2, 0) is 0 Å². The zero-order valence-electron chi connectivity index (χ0n) is 12.4. The van der Waals surface area contributed by atoms with Crippen LogP contribution in [0.2, 0.25) is 0 Å². The molecule has 0 aromatic heterocycles. The number of hydrogen-bond acceptors (Lipinski definition) is 2. The van der Waals surface area contributed by atoms with Crippen LogP contribution in [0.3, 0.4) is 0 Å². The molecule has 0 atom stereocenters. The van der Waals surface area contributed by atoms with Gasteiger partial charge in [-0.25, -0.2) is 4.39 Å². The Balaban J connectivity index is 2.13. The smallest absolute Gasteiger partial charge is 0.254 e. The first-order valence-electron chi connectivity index (χ1n) is 7.22. The lowest BCUT2D eigenvalue weighted by Gasteiger charge is -2.39. The molecular weight excluding hydrogens is 337 g/mol. The van der Waals surface area contributed by atoms with Crippen LogP contribution in [0.15, 0.2) is 18.2 Å². The van der Waals surface area contributed by atoms with Crippen LogP contribution in [0.25, 0.3) is 0 Å². The lowest BCUT2D eigenvalue weighted by Crippen LogP contribution is -2.52. The van der Waals surface area contributed by atoms with Crippen molar-refractivity contribution < 1.29 is 13.9 Å². The van der Waals surface area contributed by atoms with Crippen LogP contribution in [0, 0.1) is 11.7 Å². The van der Waals surface area contributed by atoms with Gasteiger partial charge in [-0.15, -0.1) is 0 Å². The number of ether oxygens (including phenoxy) is 1. The summed E-state index contributed by atoms with van der Waals surface area (Å²) in [6, 6.07) is 4.30. The molecule has 1 N–H and O–H groups in total. The maximum absolute atomic E-state index is 14.0. The van der Waals surface area contributed by atoms with E-state index in [0.717, 1.165) is 25.7 Å². The number of carbonyl (C=O) groups is 1. The van der Waals surface area contributed by atoms with Crippen molar-refractivity contribution in [3.8, 4) is 5.75 Å². The summed E-state index contributed by atoms with van der Waals surface area (Å²) in [6.45, 7) is 2.23. The van der Waals surface area contributed by atoms with Gasteiger partial charge >= 0.3 is 0 Å². The fraction of sp³-hybridized carbons (Fsp3) is 0.562.